The number of carbonyl (C=O) groups is 1. The zero-order valence-electron chi connectivity index (χ0n) is 18.7. The molecule has 0 aromatic heterocycles. The number of hydrogen-bond donors (Lipinski definition) is 0. The Balaban J connectivity index is 2.27. The third kappa shape index (κ3) is 5.60. The van der Waals surface area contributed by atoms with Crippen LogP contribution in [-0.2, 0) is 4.79 Å². The number of methoxy groups -OCH3 is 1. The Bertz CT molecular complexity index is 704. The van der Waals surface area contributed by atoms with Crippen molar-refractivity contribution in [2.24, 2.45) is 5.41 Å². The van der Waals surface area contributed by atoms with Gasteiger partial charge in [-0.1, -0.05) is 31.6 Å². The number of rotatable bonds is 9. The summed E-state index contributed by atoms with van der Waals surface area (Å²) < 4.78 is 11.4. The van der Waals surface area contributed by atoms with Gasteiger partial charge in [0, 0.05) is 12.6 Å². The Morgan fingerprint density at radius 2 is 2.04 bits per heavy atom. The minimum atomic E-state index is 0.117. The molecule has 1 saturated heterocycles. The van der Waals surface area contributed by atoms with Gasteiger partial charge in [-0.15, -0.1) is 0 Å². The molecule has 0 bridgehead atoms. The maximum atomic E-state index is 11.3. The molecule has 2 unspecified atom stereocenters. The first-order chi connectivity index (χ1) is 13.2. The van der Waals surface area contributed by atoms with E-state index in [1.54, 1.807) is 7.11 Å². The predicted molar refractivity (Wildman–Crippen MR) is 116 cm³/mol. The summed E-state index contributed by atoms with van der Waals surface area (Å²) in [6, 6.07) is 4.74. The minimum Gasteiger partial charge on any atom is -0.493 e. The van der Waals surface area contributed by atoms with E-state index in [1.807, 2.05) is 6.92 Å². The second kappa shape index (κ2) is 9.60. The fraction of sp³-hybridized carbons (Fsp3) is 0.625. The number of nitrogens with zero attached hydrogens (tertiary/aromatic N) is 1. The molecule has 4 nitrogen and oxygen atoms in total. The van der Waals surface area contributed by atoms with Gasteiger partial charge in [-0.3, -0.25) is 4.90 Å². The van der Waals surface area contributed by atoms with E-state index < -0.39 is 0 Å². The quantitative estimate of drug-likeness (QED) is 0.434. The van der Waals surface area contributed by atoms with Crippen molar-refractivity contribution >= 4 is 6.29 Å². The molecule has 0 N–H and O–H groups in total. The Morgan fingerprint density at radius 3 is 2.61 bits per heavy atom. The lowest BCUT2D eigenvalue weighted by Crippen LogP contribution is -2.34. The number of aryl methyl sites for hydroxylation is 1. The highest BCUT2D eigenvalue weighted by atomic mass is 16.5. The molecule has 0 amide bonds. The summed E-state index contributed by atoms with van der Waals surface area (Å²) in [4.78, 5) is 13.6. The summed E-state index contributed by atoms with van der Waals surface area (Å²) in [6.07, 6.45) is 5.50. The molecule has 2 rings (SSSR count). The van der Waals surface area contributed by atoms with E-state index in [0.717, 1.165) is 42.7 Å². The number of carbonyl (C=O) groups excluding carboxylic acids is 1. The average Bonchev–Trinajstić information content (AvgIpc) is 2.97. The van der Waals surface area contributed by atoms with Crippen molar-refractivity contribution in [3.8, 4) is 11.5 Å². The summed E-state index contributed by atoms with van der Waals surface area (Å²) in [5, 5.41) is 0. The molecule has 1 aromatic rings. The highest BCUT2D eigenvalue weighted by Crippen LogP contribution is 2.41. The molecule has 1 aromatic carbocycles. The van der Waals surface area contributed by atoms with Gasteiger partial charge in [0.1, 0.15) is 6.29 Å². The van der Waals surface area contributed by atoms with Crippen molar-refractivity contribution in [2.45, 2.75) is 66.3 Å². The van der Waals surface area contributed by atoms with E-state index in [1.165, 1.54) is 11.1 Å². The first-order valence-electron chi connectivity index (χ1n) is 10.4. The lowest BCUT2D eigenvalue weighted by atomic mass is 9.82. The molecule has 0 spiro atoms. The van der Waals surface area contributed by atoms with Crippen LogP contribution in [0, 0.1) is 12.3 Å². The van der Waals surface area contributed by atoms with Gasteiger partial charge in [0.25, 0.3) is 0 Å². The fourth-order valence-corrected chi connectivity index (χ4v) is 4.69. The number of ether oxygens (including phenoxy) is 2. The van der Waals surface area contributed by atoms with Gasteiger partial charge in [0.2, 0.25) is 0 Å². The molecule has 28 heavy (non-hydrogen) atoms. The lowest BCUT2D eigenvalue weighted by molar-refractivity contribution is -0.109. The predicted octanol–water partition coefficient (Wildman–Crippen LogP) is 5.14. The second-order valence-corrected chi connectivity index (χ2v) is 8.92. The van der Waals surface area contributed by atoms with Crippen LogP contribution in [0.2, 0.25) is 0 Å². The van der Waals surface area contributed by atoms with Crippen molar-refractivity contribution in [1.29, 1.82) is 0 Å². The van der Waals surface area contributed by atoms with Crippen LogP contribution in [0.4, 0.5) is 0 Å². The van der Waals surface area contributed by atoms with Crippen LogP contribution < -0.4 is 9.47 Å². The lowest BCUT2D eigenvalue weighted by Gasteiger charge is -2.30. The molecule has 1 fully saturated rings. The number of likely N-dealkylation sites (tertiary alicyclic amines) is 1. The van der Waals surface area contributed by atoms with E-state index >= 15 is 0 Å². The van der Waals surface area contributed by atoms with E-state index in [4.69, 9.17) is 9.47 Å². The van der Waals surface area contributed by atoms with Gasteiger partial charge in [0.05, 0.1) is 20.3 Å². The van der Waals surface area contributed by atoms with Gasteiger partial charge in [-0.25, -0.2) is 0 Å². The first-order valence-corrected chi connectivity index (χ1v) is 10.4. The van der Waals surface area contributed by atoms with Crippen molar-refractivity contribution in [1.82, 2.24) is 4.90 Å². The zero-order valence-corrected chi connectivity index (χ0v) is 18.7. The summed E-state index contributed by atoms with van der Waals surface area (Å²) in [7, 11) is 1.69. The fourth-order valence-electron chi connectivity index (χ4n) is 4.69. The molecule has 4 heteroatoms. The minimum absolute atomic E-state index is 0.117. The molecule has 1 aliphatic heterocycles. The monoisotopic (exact) mass is 387 g/mol. The molecule has 0 aliphatic carbocycles. The summed E-state index contributed by atoms with van der Waals surface area (Å²) in [6.45, 7) is 15.0. The largest absolute Gasteiger partial charge is 0.493 e. The van der Waals surface area contributed by atoms with E-state index in [9.17, 15) is 4.79 Å². The smallest absolute Gasteiger partial charge is 0.164 e. The Hall–Kier alpha value is -1.81. The molecule has 0 radical (unpaired) electrons. The van der Waals surface area contributed by atoms with Gasteiger partial charge >= 0.3 is 0 Å². The maximum Gasteiger partial charge on any atom is 0.164 e. The summed E-state index contributed by atoms with van der Waals surface area (Å²) in [5.74, 6) is 2.03. The third-order valence-electron chi connectivity index (χ3n) is 5.52. The molecular weight excluding hydrogens is 350 g/mol. The second-order valence-electron chi connectivity index (χ2n) is 8.92. The maximum absolute atomic E-state index is 11.3. The molecule has 2 atom stereocenters. The van der Waals surface area contributed by atoms with Crippen LogP contribution in [0.5, 0.6) is 11.5 Å². The highest BCUT2D eigenvalue weighted by Gasteiger charge is 2.36. The standard InChI is InChI=1S/C24H37NO3/c1-8-28-23-18(4)11-19(13-22(23)27-7)20-12-21(25(16-20)9-10-26)15-24(5,6)14-17(2)3/h10-11,13-14,20-21H,8-9,12,15-16H2,1-7H3. The van der Waals surface area contributed by atoms with Crippen molar-refractivity contribution in [3.05, 3.63) is 34.9 Å². The Morgan fingerprint density at radius 1 is 1.32 bits per heavy atom. The number of benzene rings is 1. The topological polar surface area (TPSA) is 38.8 Å². The van der Waals surface area contributed by atoms with Crippen LogP contribution in [0.3, 0.4) is 0 Å². The number of allylic oxidation sites excluding steroid dienone is 2. The third-order valence-corrected chi connectivity index (χ3v) is 5.52. The first kappa shape index (κ1) is 22.5. The molecule has 1 heterocycles. The van der Waals surface area contributed by atoms with Crippen LogP contribution in [0.1, 0.15) is 64.5 Å². The zero-order chi connectivity index (χ0) is 20.9. The van der Waals surface area contributed by atoms with Crippen LogP contribution in [0.15, 0.2) is 23.8 Å². The molecular formula is C24H37NO3. The van der Waals surface area contributed by atoms with Gasteiger partial charge in [-0.05, 0) is 69.1 Å². The average molecular weight is 388 g/mol. The van der Waals surface area contributed by atoms with Gasteiger partial charge < -0.3 is 14.3 Å². The van der Waals surface area contributed by atoms with E-state index in [0.29, 0.717) is 25.1 Å². The van der Waals surface area contributed by atoms with E-state index in [-0.39, 0.29) is 5.41 Å². The summed E-state index contributed by atoms with van der Waals surface area (Å²) >= 11 is 0. The van der Waals surface area contributed by atoms with Crippen molar-refractivity contribution in [3.63, 3.8) is 0 Å². The van der Waals surface area contributed by atoms with Crippen molar-refractivity contribution in [2.75, 3.05) is 26.8 Å². The number of hydrogen-bond acceptors (Lipinski definition) is 4. The SMILES string of the molecule is CCOc1c(C)cc(C2CC(CC(C)(C)C=C(C)C)N(CC=O)C2)cc1OC. The molecule has 1 aliphatic rings. The van der Waals surface area contributed by atoms with Gasteiger partial charge in [-0.2, -0.15) is 0 Å². The summed E-state index contributed by atoms with van der Waals surface area (Å²) in [5.41, 5.74) is 3.84. The van der Waals surface area contributed by atoms with Crippen LogP contribution >= 0.6 is 0 Å². The number of aldehydes is 1. The molecule has 0 saturated carbocycles. The Kier molecular flexibility index (Phi) is 7.70. The normalized spacial score (nSPS) is 20.1. The Labute approximate surface area is 170 Å². The molecule has 156 valence electrons. The van der Waals surface area contributed by atoms with E-state index in [2.05, 4.69) is 57.7 Å². The highest BCUT2D eigenvalue weighted by molar-refractivity contribution is 5.53. The van der Waals surface area contributed by atoms with Gasteiger partial charge in [0.15, 0.2) is 11.5 Å². The van der Waals surface area contributed by atoms with Crippen LogP contribution in [0.25, 0.3) is 0 Å². The van der Waals surface area contributed by atoms with Crippen molar-refractivity contribution < 1.29 is 14.3 Å². The van der Waals surface area contributed by atoms with Crippen LogP contribution in [-0.4, -0.2) is 44.0 Å².